The van der Waals surface area contributed by atoms with Gasteiger partial charge >= 0.3 is 21.7 Å². The number of hydrogen-bond acceptors (Lipinski definition) is 0. The molecule has 0 spiro atoms. The van der Waals surface area contributed by atoms with Crippen LogP contribution < -0.4 is 0 Å². The molecule has 0 atom stereocenters. The minimum atomic E-state index is 0. The third-order valence-electron chi connectivity index (χ3n) is 3.69. The standard InChI is InChI=1S/C10H9.3C6H14N.Ti/c1-8-4-2-5-9-6-3-7-10(8)9;3*1-5(2)7-6(3)4;/h2-7H,1H3;3*5-6H,1-4H3;/q4*-1;+4. The Labute approximate surface area is 216 Å². The van der Waals surface area contributed by atoms with E-state index in [1.807, 2.05) is 0 Å². The van der Waals surface area contributed by atoms with Crippen molar-refractivity contribution in [2.24, 2.45) is 0 Å². The smallest absolute Gasteiger partial charge is 0.658 e. The molecule has 0 aliphatic heterocycles. The maximum atomic E-state index is 4.28. The van der Waals surface area contributed by atoms with E-state index in [0.29, 0.717) is 36.3 Å². The Morgan fingerprint density at radius 3 is 1.16 bits per heavy atom. The fourth-order valence-corrected chi connectivity index (χ4v) is 3.11. The first kappa shape index (κ1) is 36.0. The molecule has 0 bridgehead atoms. The van der Waals surface area contributed by atoms with Crippen molar-refractivity contribution >= 4 is 10.8 Å². The van der Waals surface area contributed by atoms with E-state index in [4.69, 9.17) is 0 Å². The average molecular weight is 478 g/mol. The SMILES string of the molecule is CC(C)[N-]C(C)C.CC(C)[N-]C(C)C.CC(C)[N-]C(C)C.Cc1cccc2[cH-]ccc12.[Ti+4]. The number of nitrogens with zero attached hydrogens (tertiary/aromatic N) is 3. The van der Waals surface area contributed by atoms with Crippen LogP contribution >= 0.6 is 0 Å². The monoisotopic (exact) mass is 477 g/mol. The second kappa shape index (κ2) is 21.0. The molecular weight excluding hydrogens is 426 g/mol. The largest absolute Gasteiger partial charge is 4.00 e. The van der Waals surface area contributed by atoms with Gasteiger partial charge in [-0.2, -0.15) is 12.1 Å². The van der Waals surface area contributed by atoms with E-state index in [1.165, 1.54) is 16.3 Å². The summed E-state index contributed by atoms with van der Waals surface area (Å²) in [6.45, 7) is 27.3. The third-order valence-corrected chi connectivity index (χ3v) is 3.69. The summed E-state index contributed by atoms with van der Waals surface area (Å²) in [5, 5.41) is 15.6. The van der Waals surface area contributed by atoms with Crippen molar-refractivity contribution in [2.75, 3.05) is 0 Å². The van der Waals surface area contributed by atoms with Gasteiger partial charge in [-0.05, 0) is 6.92 Å². The second-order valence-corrected chi connectivity index (χ2v) is 9.61. The summed E-state index contributed by atoms with van der Waals surface area (Å²) in [7, 11) is 0. The Bertz CT molecular complexity index is 592. The van der Waals surface area contributed by atoms with Gasteiger partial charge in [-0.3, -0.25) is 0 Å². The first-order chi connectivity index (χ1) is 14.3. The van der Waals surface area contributed by atoms with Gasteiger partial charge in [-0.15, -0.1) is 65.2 Å². The van der Waals surface area contributed by atoms with Crippen molar-refractivity contribution in [3.05, 3.63) is 57.9 Å². The molecule has 0 unspecified atom stereocenters. The van der Waals surface area contributed by atoms with Crippen molar-refractivity contribution in [2.45, 2.75) is 126 Å². The van der Waals surface area contributed by atoms with Crippen LogP contribution in [0.4, 0.5) is 0 Å². The topological polar surface area (TPSA) is 42.3 Å². The maximum absolute atomic E-state index is 4.28. The van der Waals surface area contributed by atoms with Gasteiger partial charge in [0.15, 0.2) is 0 Å². The quantitative estimate of drug-likeness (QED) is 0.294. The Balaban J connectivity index is -0.000000354. The normalized spacial score (nSPS) is 10.6. The molecule has 2 aromatic carbocycles. The van der Waals surface area contributed by atoms with Crippen LogP contribution in [0.1, 0.15) is 88.6 Å². The summed E-state index contributed by atoms with van der Waals surface area (Å²) in [6, 6.07) is 15.8. The Morgan fingerprint density at radius 2 is 0.906 bits per heavy atom. The van der Waals surface area contributed by atoms with Crippen LogP contribution in [-0.2, 0) is 21.7 Å². The van der Waals surface area contributed by atoms with Gasteiger partial charge in [0.25, 0.3) is 0 Å². The number of hydrogen-bond donors (Lipinski definition) is 0. The number of aryl methyl sites for hydroxylation is 1. The minimum absolute atomic E-state index is 0. The van der Waals surface area contributed by atoms with Crippen LogP contribution in [0.15, 0.2) is 36.4 Å². The van der Waals surface area contributed by atoms with Crippen LogP contribution in [0, 0.1) is 6.92 Å². The molecule has 0 aliphatic rings. The summed E-state index contributed by atoms with van der Waals surface area (Å²) in [5.74, 6) is 0. The van der Waals surface area contributed by atoms with E-state index in [-0.39, 0.29) is 21.7 Å². The molecule has 0 fully saturated rings. The van der Waals surface area contributed by atoms with E-state index >= 15 is 0 Å². The predicted octanol–water partition coefficient (Wildman–Crippen LogP) is 9.40. The van der Waals surface area contributed by atoms with Crippen molar-refractivity contribution in [3.8, 4) is 0 Å². The van der Waals surface area contributed by atoms with Crippen LogP contribution in [0.3, 0.4) is 0 Å². The van der Waals surface area contributed by atoms with E-state index < -0.39 is 0 Å². The molecule has 0 radical (unpaired) electrons. The molecular formula is C28H51N3Ti. The van der Waals surface area contributed by atoms with E-state index in [0.717, 1.165) is 0 Å². The average Bonchev–Trinajstić information content (AvgIpc) is 3.02. The Morgan fingerprint density at radius 1 is 0.562 bits per heavy atom. The zero-order valence-electron chi connectivity index (χ0n) is 23.3. The van der Waals surface area contributed by atoms with E-state index in [1.54, 1.807) is 0 Å². The number of fused-ring (bicyclic) bond motifs is 1. The molecule has 2 aromatic rings. The molecule has 0 amide bonds. The molecule has 4 heteroatoms. The fourth-order valence-electron chi connectivity index (χ4n) is 3.11. The molecule has 0 saturated carbocycles. The summed E-state index contributed by atoms with van der Waals surface area (Å²) in [5.41, 5.74) is 1.36. The molecule has 32 heavy (non-hydrogen) atoms. The van der Waals surface area contributed by atoms with Gasteiger partial charge in [0.05, 0.1) is 0 Å². The van der Waals surface area contributed by atoms with Gasteiger partial charge in [-0.1, -0.05) is 94.7 Å². The molecule has 0 heterocycles. The minimum Gasteiger partial charge on any atom is -0.658 e. The second-order valence-electron chi connectivity index (χ2n) is 9.61. The third kappa shape index (κ3) is 24.1. The summed E-state index contributed by atoms with van der Waals surface area (Å²) in [6.07, 6.45) is 0. The molecule has 0 saturated heterocycles. The summed E-state index contributed by atoms with van der Waals surface area (Å²) < 4.78 is 0. The van der Waals surface area contributed by atoms with Crippen molar-refractivity contribution in [1.82, 2.24) is 0 Å². The van der Waals surface area contributed by atoms with E-state index in [2.05, 4.69) is 142 Å². The first-order valence-electron chi connectivity index (χ1n) is 12.0. The van der Waals surface area contributed by atoms with Gasteiger partial charge in [-0.25, -0.2) is 0 Å². The molecule has 3 nitrogen and oxygen atoms in total. The molecule has 0 N–H and O–H groups in total. The zero-order chi connectivity index (χ0) is 24.6. The van der Waals surface area contributed by atoms with Crippen molar-refractivity contribution in [1.29, 1.82) is 0 Å². The van der Waals surface area contributed by atoms with Crippen LogP contribution in [0.5, 0.6) is 0 Å². The molecule has 0 aromatic heterocycles. The Kier molecular flexibility index (Phi) is 23.6. The van der Waals surface area contributed by atoms with Gasteiger partial charge < -0.3 is 16.0 Å². The van der Waals surface area contributed by atoms with Crippen molar-refractivity contribution in [3.63, 3.8) is 0 Å². The van der Waals surface area contributed by atoms with Gasteiger partial charge in [0, 0.05) is 0 Å². The number of rotatable bonds is 6. The molecule has 0 aliphatic carbocycles. The van der Waals surface area contributed by atoms with Gasteiger partial charge in [0.2, 0.25) is 0 Å². The van der Waals surface area contributed by atoms with Crippen molar-refractivity contribution < 1.29 is 21.7 Å². The van der Waals surface area contributed by atoms with Crippen LogP contribution in [-0.4, -0.2) is 36.3 Å². The summed E-state index contributed by atoms with van der Waals surface area (Å²) >= 11 is 0. The molecule has 2 rings (SSSR count). The van der Waals surface area contributed by atoms with Crippen LogP contribution in [0.25, 0.3) is 26.7 Å². The predicted molar refractivity (Wildman–Crippen MR) is 145 cm³/mol. The number of benzene rings is 1. The van der Waals surface area contributed by atoms with E-state index in [9.17, 15) is 0 Å². The van der Waals surface area contributed by atoms with Gasteiger partial charge in [0.1, 0.15) is 0 Å². The molecule has 182 valence electrons. The summed E-state index contributed by atoms with van der Waals surface area (Å²) in [4.78, 5) is 0. The van der Waals surface area contributed by atoms with Crippen LogP contribution in [0.2, 0.25) is 0 Å². The Hall–Kier alpha value is -0.576. The maximum Gasteiger partial charge on any atom is 4.00 e. The fraction of sp³-hybridized carbons (Fsp3) is 0.679. The first-order valence-corrected chi connectivity index (χ1v) is 12.0. The zero-order valence-corrected chi connectivity index (χ0v) is 24.8.